The summed E-state index contributed by atoms with van der Waals surface area (Å²) in [6, 6.07) is 10.6. The van der Waals surface area contributed by atoms with E-state index in [1.807, 2.05) is 6.92 Å². The van der Waals surface area contributed by atoms with Crippen LogP contribution in [0.1, 0.15) is 30.9 Å². The molecule has 0 amide bonds. The molecule has 164 valence electrons. The first-order valence-corrected chi connectivity index (χ1v) is 13.0. The molecule has 0 unspecified atom stereocenters. The second-order valence-corrected chi connectivity index (χ2v) is 11.6. The molecule has 0 bridgehead atoms. The van der Waals surface area contributed by atoms with Crippen molar-refractivity contribution in [1.29, 1.82) is 0 Å². The van der Waals surface area contributed by atoms with E-state index in [2.05, 4.69) is 0 Å². The Hall–Kier alpha value is -2.10. The number of ether oxygens (including phenoxy) is 2. The summed E-state index contributed by atoms with van der Waals surface area (Å²) in [4.78, 5) is 12.0. The fourth-order valence-electron chi connectivity index (χ4n) is 2.60. The third kappa shape index (κ3) is 6.72. The van der Waals surface area contributed by atoms with Crippen LogP contribution in [0, 0.1) is 6.92 Å². The Morgan fingerprint density at radius 2 is 1.67 bits per heavy atom. The lowest BCUT2D eigenvalue weighted by molar-refractivity contribution is -0.145. The van der Waals surface area contributed by atoms with E-state index in [0.717, 1.165) is 5.56 Å². The molecule has 0 saturated carbocycles. The lowest BCUT2D eigenvalue weighted by Crippen LogP contribution is -2.20. The van der Waals surface area contributed by atoms with Crippen LogP contribution in [0.25, 0.3) is 0 Å². The molecular weight excluding hydrogens is 452 g/mol. The number of hydrogen-bond donors (Lipinski definition) is 0. The van der Waals surface area contributed by atoms with Gasteiger partial charge in [-0.3, -0.25) is 0 Å². The second kappa shape index (κ2) is 9.80. The lowest BCUT2D eigenvalue weighted by Gasteiger charge is -2.13. The third-order valence-electron chi connectivity index (χ3n) is 4.22. The first-order chi connectivity index (χ1) is 13.9. The number of benzene rings is 2. The van der Waals surface area contributed by atoms with Gasteiger partial charge >= 0.3 is 5.97 Å². The first-order valence-electron chi connectivity index (χ1n) is 9.06. The van der Waals surface area contributed by atoms with Crippen LogP contribution in [0.2, 0.25) is 0 Å². The molecule has 0 aliphatic carbocycles. The van der Waals surface area contributed by atoms with Crippen LogP contribution in [0.3, 0.4) is 0 Å². The molecule has 0 fully saturated rings. The van der Waals surface area contributed by atoms with Crippen LogP contribution in [0.4, 0.5) is 0 Å². The van der Waals surface area contributed by atoms with Gasteiger partial charge in [0.15, 0.2) is 16.4 Å². The van der Waals surface area contributed by atoms with Crippen molar-refractivity contribution in [3.05, 3.63) is 53.6 Å². The van der Waals surface area contributed by atoms with E-state index in [1.165, 1.54) is 30.3 Å². The van der Waals surface area contributed by atoms with Gasteiger partial charge in [0.2, 0.25) is 0 Å². The van der Waals surface area contributed by atoms with Gasteiger partial charge < -0.3 is 9.47 Å². The van der Waals surface area contributed by atoms with Gasteiger partial charge in [0.25, 0.3) is 9.05 Å². The number of aryl methyl sites for hydroxylation is 1. The minimum absolute atomic E-state index is 0.0181. The highest BCUT2D eigenvalue weighted by atomic mass is 35.7. The van der Waals surface area contributed by atoms with Crippen LogP contribution in [-0.4, -0.2) is 41.8 Å². The van der Waals surface area contributed by atoms with E-state index < -0.39 is 31.5 Å². The molecule has 2 rings (SSSR count). The summed E-state index contributed by atoms with van der Waals surface area (Å²) in [6.07, 6.45) is 0. The maximum atomic E-state index is 12.2. The smallest absolute Gasteiger partial charge is 0.344 e. The average Bonchev–Trinajstić information content (AvgIpc) is 2.65. The molecule has 7 nitrogen and oxygen atoms in total. The van der Waals surface area contributed by atoms with Crippen molar-refractivity contribution < 1.29 is 31.1 Å². The van der Waals surface area contributed by atoms with Gasteiger partial charge in [0.1, 0.15) is 12.4 Å². The topological polar surface area (TPSA) is 104 Å². The molecule has 0 aliphatic rings. The number of esters is 1. The van der Waals surface area contributed by atoms with Gasteiger partial charge in [-0.25, -0.2) is 21.6 Å². The van der Waals surface area contributed by atoms with Crippen LogP contribution in [0.15, 0.2) is 52.3 Å². The standard InChI is InChI=1S/C20H23ClO7S2/c1-14(2)18-12-16(6-9-19(18)30(21,25)26)28-13-20(22)27-10-11-29(23,24)17-7-4-15(3)5-8-17/h4-9,12,14H,10-11,13H2,1-3H3. The monoisotopic (exact) mass is 474 g/mol. The zero-order chi connectivity index (χ0) is 22.5. The number of rotatable bonds is 9. The van der Waals surface area contributed by atoms with Crippen molar-refractivity contribution in [2.24, 2.45) is 0 Å². The van der Waals surface area contributed by atoms with Crippen molar-refractivity contribution in [2.45, 2.75) is 36.5 Å². The minimum Gasteiger partial charge on any atom is -0.482 e. The summed E-state index contributed by atoms with van der Waals surface area (Å²) < 4.78 is 58.1. The van der Waals surface area contributed by atoms with Crippen LogP contribution < -0.4 is 4.74 Å². The van der Waals surface area contributed by atoms with E-state index in [9.17, 15) is 21.6 Å². The van der Waals surface area contributed by atoms with E-state index in [0.29, 0.717) is 5.56 Å². The molecule has 2 aromatic rings. The highest BCUT2D eigenvalue weighted by Gasteiger charge is 2.19. The molecule has 0 atom stereocenters. The first kappa shape index (κ1) is 24.2. The van der Waals surface area contributed by atoms with Crippen molar-refractivity contribution in [2.75, 3.05) is 19.0 Å². The SMILES string of the molecule is Cc1ccc(S(=O)(=O)CCOC(=O)COc2ccc(S(=O)(=O)Cl)c(C(C)C)c2)cc1. The Bertz CT molecular complexity index is 1110. The van der Waals surface area contributed by atoms with E-state index >= 15 is 0 Å². The Balaban J connectivity index is 1.92. The summed E-state index contributed by atoms with van der Waals surface area (Å²) in [6.45, 7) is 4.69. The van der Waals surface area contributed by atoms with Gasteiger partial charge in [-0.05, 0) is 48.7 Å². The van der Waals surface area contributed by atoms with Gasteiger partial charge in [-0.15, -0.1) is 0 Å². The van der Waals surface area contributed by atoms with Gasteiger partial charge in [-0.1, -0.05) is 31.5 Å². The Kier molecular flexibility index (Phi) is 7.90. The molecule has 30 heavy (non-hydrogen) atoms. The molecule has 0 aromatic heterocycles. The zero-order valence-corrected chi connectivity index (χ0v) is 19.2. The Labute approximate surface area is 181 Å². The fraction of sp³-hybridized carbons (Fsp3) is 0.350. The second-order valence-electron chi connectivity index (χ2n) is 6.93. The van der Waals surface area contributed by atoms with Crippen molar-refractivity contribution in [1.82, 2.24) is 0 Å². The largest absolute Gasteiger partial charge is 0.482 e. The minimum atomic E-state index is -3.91. The molecule has 10 heteroatoms. The summed E-state index contributed by atoms with van der Waals surface area (Å²) in [5.74, 6) is -0.959. The molecule has 2 aromatic carbocycles. The molecule has 0 saturated heterocycles. The summed E-state index contributed by atoms with van der Waals surface area (Å²) >= 11 is 0. The number of carbonyl (C=O) groups excluding carboxylic acids is 1. The molecular formula is C20H23ClO7S2. The molecule has 0 aliphatic heterocycles. The number of carbonyl (C=O) groups is 1. The van der Waals surface area contributed by atoms with E-state index in [1.54, 1.807) is 26.0 Å². The normalized spacial score (nSPS) is 12.0. The molecule has 0 heterocycles. The number of sulfone groups is 1. The number of halogens is 1. The third-order valence-corrected chi connectivity index (χ3v) is 7.31. The Morgan fingerprint density at radius 3 is 2.23 bits per heavy atom. The molecule has 0 N–H and O–H groups in total. The fourth-order valence-corrected chi connectivity index (χ4v) is 4.92. The van der Waals surface area contributed by atoms with Gasteiger partial charge in [0.05, 0.1) is 15.5 Å². The van der Waals surface area contributed by atoms with Gasteiger partial charge in [-0.2, -0.15) is 0 Å². The predicted molar refractivity (Wildman–Crippen MR) is 113 cm³/mol. The highest BCUT2D eigenvalue weighted by Crippen LogP contribution is 2.30. The predicted octanol–water partition coefficient (Wildman–Crippen LogP) is 3.44. The van der Waals surface area contributed by atoms with Gasteiger partial charge in [0, 0.05) is 10.7 Å². The highest BCUT2D eigenvalue weighted by molar-refractivity contribution is 8.13. The Morgan fingerprint density at radius 1 is 1.03 bits per heavy atom. The van der Waals surface area contributed by atoms with Crippen molar-refractivity contribution in [3.8, 4) is 5.75 Å². The van der Waals surface area contributed by atoms with Crippen molar-refractivity contribution >= 4 is 35.5 Å². The van der Waals surface area contributed by atoms with Crippen LogP contribution >= 0.6 is 10.7 Å². The summed E-state index contributed by atoms with van der Waals surface area (Å²) in [5.41, 5.74) is 1.40. The molecule has 0 spiro atoms. The molecule has 0 radical (unpaired) electrons. The van der Waals surface area contributed by atoms with Crippen molar-refractivity contribution in [3.63, 3.8) is 0 Å². The zero-order valence-electron chi connectivity index (χ0n) is 16.8. The van der Waals surface area contributed by atoms with Crippen LogP contribution in [-0.2, 0) is 28.4 Å². The van der Waals surface area contributed by atoms with E-state index in [4.69, 9.17) is 20.2 Å². The summed E-state index contributed by atoms with van der Waals surface area (Å²) in [5, 5.41) is 0. The average molecular weight is 475 g/mol. The lowest BCUT2D eigenvalue weighted by atomic mass is 10.0. The number of hydrogen-bond acceptors (Lipinski definition) is 7. The quantitative estimate of drug-likeness (QED) is 0.405. The van der Waals surface area contributed by atoms with Crippen LogP contribution in [0.5, 0.6) is 5.75 Å². The maximum Gasteiger partial charge on any atom is 0.344 e. The summed E-state index contributed by atoms with van der Waals surface area (Å²) in [7, 11) is -2.03. The maximum absolute atomic E-state index is 12.2. The van der Waals surface area contributed by atoms with E-state index in [-0.39, 0.29) is 33.8 Å².